The number of imide groups is 1. The van der Waals surface area contributed by atoms with Gasteiger partial charge < -0.3 is 9.84 Å². The number of hydrogen-bond acceptors (Lipinski definition) is 4. The van der Waals surface area contributed by atoms with Gasteiger partial charge in [0.25, 0.3) is 0 Å². The van der Waals surface area contributed by atoms with Crippen LogP contribution >= 0.6 is 0 Å². The lowest BCUT2D eigenvalue weighted by Gasteiger charge is -2.17. The number of aliphatic hydroxyl groups excluding tert-OH is 1. The number of methoxy groups -OCH3 is 1. The minimum absolute atomic E-state index is 0.173. The number of carbonyl (C=O) groups is 2. The standard InChI is InChI=1S/C15H19NO4/c1-20-10-12(17)7-8-16-14(18)9-13(15(16)19)11-5-3-2-4-6-11/h2-6,12-13,17H,7-10H2,1H3. The van der Waals surface area contributed by atoms with Gasteiger partial charge in [0.1, 0.15) is 0 Å². The molecule has 0 aromatic heterocycles. The molecule has 2 amide bonds. The summed E-state index contributed by atoms with van der Waals surface area (Å²) in [4.78, 5) is 25.5. The van der Waals surface area contributed by atoms with Gasteiger partial charge in [-0.2, -0.15) is 0 Å². The summed E-state index contributed by atoms with van der Waals surface area (Å²) in [6.45, 7) is 0.448. The monoisotopic (exact) mass is 277 g/mol. The third-order valence-electron chi connectivity index (χ3n) is 3.49. The Morgan fingerprint density at radius 1 is 1.35 bits per heavy atom. The van der Waals surface area contributed by atoms with Gasteiger partial charge in [-0.05, 0) is 12.0 Å². The Morgan fingerprint density at radius 3 is 2.70 bits per heavy atom. The van der Waals surface area contributed by atoms with Crippen molar-refractivity contribution < 1.29 is 19.4 Å². The van der Waals surface area contributed by atoms with Crippen LogP contribution in [0, 0.1) is 0 Å². The predicted molar refractivity (Wildman–Crippen MR) is 73.0 cm³/mol. The van der Waals surface area contributed by atoms with Gasteiger partial charge in [0.15, 0.2) is 0 Å². The number of amides is 2. The van der Waals surface area contributed by atoms with Crippen molar-refractivity contribution in [2.24, 2.45) is 0 Å². The molecular weight excluding hydrogens is 258 g/mol. The van der Waals surface area contributed by atoms with Gasteiger partial charge in [0.05, 0.1) is 18.6 Å². The van der Waals surface area contributed by atoms with Crippen LogP contribution in [0.25, 0.3) is 0 Å². The maximum Gasteiger partial charge on any atom is 0.237 e. The van der Waals surface area contributed by atoms with Crippen molar-refractivity contribution in [1.82, 2.24) is 4.90 Å². The van der Waals surface area contributed by atoms with E-state index in [-0.39, 0.29) is 37.3 Å². The molecule has 20 heavy (non-hydrogen) atoms. The summed E-state index contributed by atoms with van der Waals surface area (Å²) in [5.41, 5.74) is 0.866. The maximum absolute atomic E-state index is 12.3. The largest absolute Gasteiger partial charge is 0.391 e. The second-order valence-corrected chi connectivity index (χ2v) is 4.95. The van der Waals surface area contributed by atoms with Gasteiger partial charge in [-0.1, -0.05) is 30.3 Å². The molecule has 1 aliphatic heterocycles. The molecule has 1 aromatic rings. The minimum Gasteiger partial charge on any atom is -0.391 e. The van der Waals surface area contributed by atoms with E-state index in [0.717, 1.165) is 5.56 Å². The van der Waals surface area contributed by atoms with Crippen LogP contribution in [0.4, 0.5) is 0 Å². The third-order valence-corrected chi connectivity index (χ3v) is 3.49. The van der Waals surface area contributed by atoms with E-state index in [2.05, 4.69) is 0 Å². The van der Waals surface area contributed by atoms with Gasteiger partial charge in [0.2, 0.25) is 11.8 Å². The molecule has 108 valence electrons. The van der Waals surface area contributed by atoms with Crippen LogP contribution in [0.5, 0.6) is 0 Å². The van der Waals surface area contributed by atoms with Crippen LogP contribution in [0.1, 0.15) is 24.3 Å². The molecule has 1 aliphatic rings. The molecule has 1 saturated heterocycles. The molecule has 1 fully saturated rings. The van der Waals surface area contributed by atoms with E-state index in [1.54, 1.807) is 0 Å². The Kier molecular flexibility index (Phi) is 4.87. The number of carbonyl (C=O) groups excluding carboxylic acids is 2. The topological polar surface area (TPSA) is 66.8 Å². The number of nitrogens with zero attached hydrogens (tertiary/aromatic N) is 1. The van der Waals surface area contributed by atoms with Crippen molar-refractivity contribution in [2.45, 2.75) is 24.9 Å². The number of aliphatic hydroxyl groups is 1. The minimum atomic E-state index is -0.656. The Morgan fingerprint density at radius 2 is 2.05 bits per heavy atom. The lowest BCUT2D eigenvalue weighted by atomic mass is 9.98. The van der Waals surface area contributed by atoms with Crippen molar-refractivity contribution in [2.75, 3.05) is 20.3 Å². The molecule has 0 spiro atoms. The van der Waals surface area contributed by atoms with E-state index in [1.807, 2.05) is 30.3 Å². The van der Waals surface area contributed by atoms with E-state index in [9.17, 15) is 14.7 Å². The highest BCUT2D eigenvalue weighted by Crippen LogP contribution is 2.29. The van der Waals surface area contributed by atoms with Crippen molar-refractivity contribution in [3.05, 3.63) is 35.9 Å². The summed E-state index contributed by atoms with van der Waals surface area (Å²) in [5, 5.41) is 9.59. The molecular formula is C15H19NO4. The van der Waals surface area contributed by atoms with Gasteiger partial charge in [-0.15, -0.1) is 0 Å². The highest BCUT2D eigenvalue weighted by atomic mass is 16.5. The fraction of sp³-hybridized carbons (Fsp3) is 0.467. The lowest BCUT2D eigenvalue weighted by molar-refractivity contribution is -0.139. The average Bonchev–Trinajstić information content (AvgIpc) is 2.73. The fourth-order valence-corrected chi connectivity index (χ4v) is 2.42. The SMILES string of the molecule is COCC(O)CCN1C(=O)CC(c2ccccc2)C1=O. The van der Waals surface area contributed by atoms with Crippen LogP contribution in [0.15, 0.2) is 30.3 Å². The van der Waals surface area contributed by atoms with Crippen LogP contribution in [0.2, 0.25) is 0 Å². The Bertz CT molecular complexity index is 474. The Labute approximate surface area is 118 Å². The summed E-state index contributed by atoms with van der Waals surface area (Å²) >= 11 is 0. The van der Waals surface area contributed by atoms with E-state index in [0.29, 0.717) is 6.42 Å². The van der Waals surface area contributed by atoms with Gasteiger partial charge >= 0.3 is 0 Å². The van der Waals surface area contributed by atoms with Gasteiger partial charge in [0, 0.05) is 20.1 Å². The normalized spacial score (nSPS) is 20.5. The molecule has 5 heteroatoms. The number of ether oxygens (including phenoxy) is 1. The Balaban J connectivity index is 1.99. The molecule has 5 nitrogen and oxygen atoms in total. The third kappa shape index (κ3) is 3.23. The summed E-state index contributed by atoms with van der Waals surface area (Å²) < 4.78 is 4.82. The van der Waals surface area contributed by atoms with Crippen molar-refractivity contribution in [1.29, 1.82) is 0 Å². The van der Waals surface area contributed by atoms with Crippen LogP contribution < -0.4 is 0 Å². The molecule has 0 saturated carbocycles. The highest BCUT2D eigenvalue weighted by molar-refractivity contribution is 6.06. The van der Waals surface area contributed by atoms with Crippen LogP contribution in [-0.2, 0) is 14.3 Å². The molecule has 2 atom stereocenters. The zero-order chi connectivity index (χ0) is 14.5. The predicted octanol–water partition coefficient (Wildman–Crippen LogP) is 0.926. The van der Waals surface area contributed by atoms with Crippen LogP contribution in [0.3, 0.4) is 0 Å². The second kappa shape index (κ2) is 6.63. The number of hydrogen-bond donors (Lipinski definition) is 1. The number of rotatable bonds is 6. The average molecular weight is 277 g/mol. The van der Waals surface area contributed by atoms with E-state index >= 15 is 0 Å². The van der Waals surface area contributed by atoms with E-state index in [1.165, 1.54) is 12.0 Å². The zero-order valence-corrected chi connectivity index (χ0v) is 11.5. The quantitative estimate of drug-likeness (QED) is 0.785. The second-order valence-electron chi connectivity index (χ2n) is 4.95. The zero-order valence-electron chi connectivity index (χ0n) is 11.5. The first-order valence-corrected chi connectivity index (χ1v) is 6.69. The van der Waals surface area contributed by atoms with E-state index < -0.39 is 6.10 Å². The van der Waals surface area contributed by atoms with Crippen molar-refractivity contribution in [3.63, 3.8) is 0 Å². The first-order chi connectivity index (χ1) is 9.63. The van der Waals surface area contributed by atoms with Crippen LogP contribution in [-0.4, -0.2) is 48.2 Å². The summed E-state index contributed by atoms with van der Waals surface area (Å²) in [6.07, 6.45) is -0.104. The summed E-state index contributed by atoms with van der Waals surface area (Å²) in [7, 11) is 1.50. The van der Waals surface area contributed by atoms with Gasteiger partial charge in [-0.3, -0.25) is 14.5 Å². The lowest BCUT2D eigenvalue weighted by Crippen LogP contribution is -2.33. The number of likely N-dealkylation sites (tertiary alicyclic amines) is 1. The highest BCUT2D eigenvalue weighted by Gasteiger charge is 2.39. The molecule has 1 N–H and O–H groups in total. The van der Waals surface area contributed by atoms with Crippen molar-refractivity contribution in [3.8, 4) is 0 Å². The molecule has 2 rings (SSSR count). The summed E-state index contributed by atoms with van der Waals surface area (Å²) in [6, 6.07) is 9.32. The van der Waals surface area contributed by atoms with Gasteiger partial charge in [-0.25, -0.2) is 0 Å². The van der Waals surface area contributed by atoms with Crippen molar-refractivity contribution >= 4 is 11.8 Å². The molecule has 1 aromatic carbocycles. The van der Waals surface area contributed by atoms with E-state index in [4.69, 9.17) is 4.74 Å². The molecule has 0 radical (unpaired) electrons. The number of benzene rings is 1. The molecule has 2 unspecified atom stereocenters. The summed E-state index contributed by atoms with van der Waals surface area (Å²) in [5.74, 6) is -0.734. The molecule has 0 aliphatic carbocycles. The smallest absolute Gasteiger partial charge is 0.237 e. The Hall–Kier alpha value is -1.72. The molecule has 1 heterocycles. The maximum atomic E-state index is 12.3. The first kappa shape index (κ1) is 14.7. The fourth-order valence-electron chi connectivity index (χ4n) is 2.42. The molecule has 0 bridgehead atoms. The first-order valence-electron chi connectivity index (χ1n) is 6.69.